The van der Waals surface area contributed by atoms with Gasteiger partial charge in [0.15, 0.2) is 5.58 Å². The Balaban J connectivity index is 1.34. The molecule has 10 aromatic rings. The van der Waals surface area contributed by atoms with E-state index in [0.717, 1.165) is 71.9 Å². The van der Waals surface area contributed by atoms with Crippen LogP contribution in [0.3, 0.4) is 0 Å². The normalized spacial score (nSPS) is 11.8. The lowest BCUT2D eigenvalue weighted by Crippen LogP contribution is -1.99. The van der Waals surface area contributed by atoms with Crippen molar-refractivity contribution in [1.29, 1.82) is 5.26 Å². The lowest BCUT2D eigenvalue weighted by molar-refractivity contribution is 0.672. The fourth-order valence-corrected chi connectivity index (χ4v) is 7.63. The predicted molar refractivity (Wildman–Crippen MR) is 193 cm³/mol. The van der Waals surface area contributed by atoms with Crippen LogP contribution in [0.4, 0.5) is 0 Å². The minimum absolute atomic E-state index is 0.598. The maximum atomic E-state index is 10.5. The van der Waals surface area contributed by atoms with E-state index in [9.17, 15) is 5.26 Å². The Bertz CT molecular complexity index is 2860. The number of furan rings is 1. The molecule has 0 saturated heterocycles. The van der Waals surface area contributed by atoms with E-state index in [-0.39, 0.29) is 0 Å². The molecule has 0 spiro atoms. The first-order valence-corrected chi connectivity index (χ1v) is 15.8. The van der Waals surface area contributed by atoms with Crippen molar-refractivity contribution in [2.24, 2.45) is 0 Å². The first-order chi connectivity index (χ1) is 23.3. The zero-order chi connectivity index (χ0) is 31.1. The van der Waals surface area contributed by atoms with Crippen LogP contribution in [0.2, 0.25) is 0 Å². The molecule has 218 valence electrons. The number of nitrogens with zero attached hydrogens (tertiary/aromatic N) is 3. The Hall–Kier alpha value is -6.57. The molecule has 0 aliphatic carbocycles. The van der Waals surface area contributed by atoms with Gasteiger partial charge in [0.25, 0.3) is 0 Å². The first-order valence-electron chi connectivity index (χ1n) is 15.8. The number of aromatic nitrogens is 2. The molecule has 0 saturated carbocycles. The summed E-state index contributed by atoms with van der Waals surface area (Å²) < 4.78 is 11.6. The topological polar surface area (TPSA) is 46.8 Å². The lowest BCUT2D eigenvalue weighted by Gasteiger charge is -2.15. The van der Waals surface area contributed by atoms with Gasteiger partial charge >= 0.3 is 0 Å². The van der Waals surface area contributed by atoms with Gasteiger partial charge in [-0.1, -0.05) is 103 Å². The van der Waals surface area contributed by atoms with E-state index < -0.39 is 0 Å². The van der Waals surface area contributed by atoms with Crippen LogP contribution in [0.5, 0.6) is 0 Å². The summed E-state index contributed by atoms with van der Waals surface area (Å²) in [4.78, 5) is 0. The lowest BCUT2D eigenvalue weighted by atomic mass is 9.96. The van der Waals surface area contributed by atoms with Gasteiger partial charge in [-0.05, 0) is 48.5 Å². The van der Waals surface area contributed by atoms with E-state index in [4.69, 9.17) is 4.42 Å². The van der Waals surface area contributed by atoms with Crippen LogP contribution in [-0.4, -0.2) is 9.13 Å². The molecule has 47 heavy (non-hydrogen) atoms. The highest BCUT2D eigenvalue weighted by molar-refractivity contribution is 6.23. The van der Waals surface area contributed by atoms with E-state index in [2.05, 4.69) is 149 Å². The second kappa shape index (κ2) is 9.71. The molecule has 3 heterocycles. The van der Waals surface area contributed by atoms with Gasteiger partial charge in [-0.2, -0.15) is 5.26 Å². The van der Waals surface area contributed by atoms with Crippen LogP contribution in [-0.2, 0) is 0 Å². The summed E-state index contributed by atoms with van der Waals surface area (Å²) in [6, 6.07) is 55.1. The van der Waals surface area contributed by atoms with Crippen LogP contribution >= 0.6 is 0 Å². The summed E-state index contributed by atoms with van der Waals surface area (Å²) in [5.74, 6) is 0. The largest absolute Gasteiger partial charge is 0.453 e. The van der Waals surface area contributed by atoms with Crippen molar-refractivity contribution in [2.75, 3.05) is 0 Å². The highest BCUT2D eigenvalue weighted by Gasteiger charge is 2.23. The third-order valence-corrected chi connectivity index (χ3v) is 9.57. The average molecular weight is 600 g/mol. The monoisotopic (exact) mass is 599 g/mol. The summed E-state index contributed by atoms with van der Waals surface area (Å²) in [7, 11) is 0. The number of nitriles is 1. The summed E-state index contributed by atoms with van der Waals surface area (Å²) in [5, 5.41) is 17.3. The first kappa shape index (κ1) is 25.7. The van der Waals surface area contributed by atoms with Crippen LogP contribution in [0.25, 0.3) is 88.1 Å². The summed E-state index contributed by atoms with van der Waals surface area (Å²) in [5.41, 5.74) is 10.3. The number of hydrogen-bond acceptors (Lipinski definition) is 2. The third kappa shape index (κ3) is 3.51. The second-order valence-corrected chi connectivity index (χ2v) is 12.0. The maximum absolute atomic E-state index is 10.5. The van der Waals surface area contributed by atoms with Gasteiger partial charge in [0.2, 0.25) is 0 Å². The summed E-state index contributed by atoms with van der Waals surface area (Å²) in [6.45, 7) is 0. The summed E-state index contributed by atoms with van der Waals surface area (Å²) in [6.07, 6.45) is 0. The SMILES string of the molecule is N#Cc1cccc(-n2c3ccccc3c3ccccc32)c1-c1cccc2c1oc1c2ccc2c3ccccc3n(-c3ccccc3)c21. The van der Waals surface area contributed by atoms with Crippen molar-refractivity contribution < 1.29 is 4.42 Å². The highest BCUT2D eigenvalue weighted by Crippen LogP contribution is 2.45. The summed E-state index contributed by atoms with van der Waals surface area (Å²) >= 11 is 0. The fraction of sp³-hybridized carbons (Fsp3) is 0. The van der Waals surface area contributed by atoms with Gasteiger partial charge in [-0.3, -0.25) is 0 Å². The van der Waals surface area contributed by atoms with E-state index in [1.165, 1.54) is 16.2 Å². The van der Waals surface area contributed by atoms with Crippen molar-refractivity contribution in [3.05, 3.63) is 157 Å². The molecule has 0 aliphatic heterocycles. The minimum atomic E-state index is 0.598. The van der Waals surface area contributed by atoms with Gasteiger partial charge in [-0.15, -0.1) is 0 Å². The average Bonchev–Trinajstić information content (AvgIpc) is 3.79. The van der Waals surface area contributed by atoms with Crippen molar-refractivity contribution in [2.45, 2.75) is 0 Å². The van der Waals surface area contributed by atoms with Crippen LogP contribution < -0.4 is 0 Å². The smallest absolute Gasteiger partial charge is 0.160 e. The Labute approximate surface area is 269 Å². The van der Waals surface area contributed by atoms with Crippen molar-refractivity contribution in [1.82, 2.24) is 9.13 Å². The van der Waals surface area contributed by atoms with E-state index in [0.29, 0.717) is 5.56 Å². The van der Waals surface area contributed by atoms with Gasteiger partial charge < -0.3 is 13.6 Å². The number of rotatable bonds is 3. The van der Waals surface area contributed by atoms with E-state index in [1.54, 1.807) is 0 Å². The number of para-hydroxylation sites is 5. The third-order valence-electron chi connectivity index (χ3n) is 9.57. The van der Waals surface area contributed by atoms with Crippen LogP contribution in [0.15, 0.2) is 156 Å². The van der Waals surface area contributed by atoms with Crippen LogP contribution in [0, 0.1) is 11.3 Å². The highest BCUT2D eigenvalue weighted by atomic mass is 16.3. The predicted octanol–water partition coefficient (Wildman–Crippen LogP) is 11.3. The maximum Gasteiger partial charge on any atom is 0.160 e. The molecular weight excluding hydrogens is 574 g/mol. The number of hydrogen-bond donors (Lipinski definition) is 0. The fourth-order valence-electron chi connectivity index (χ4n) is 7.63. The molecule has 0 bridgehead atoms. The standard InChI is InChI=1S/C43H25N3O/c44-26-27-12-10-23-39(46-37-21-8-4-15-29(37)30-16-5-9-22-38(30)46)40(27)35-19-11-18-33-34-25-24-32-31-17-6-7-20-36(31)45(28-13-2-1-3-14-28)41(32)43(34)47-42(33)35/h1-25H. The van der Waals surface area contributed by atoms with Gasteiger partial charge in [-0.25, -0.2) is 0 Å². The molecule has 4 heteroatoms. The molecular formula is C43H25N3O. The molecule has 3 aromatic heterocycles. The zero-order valence-corrected chi connectivity index (χ0v) is 25.2. The van der Waals surface area contributed by atoms with Gasteiger partial charge in [0, 0.05) is 49.1 Å². The molecule has 0 fully saturated rings. The molecule has 0 amide bonds. The van der Waals surface area contributed by atoms with Crippen molar-refractivity contribution >= 4 is 65.6 Å². The van der Waals surface area contributed by atoms with E-state index in [1.807, 2.05) is 18.2 Å². The number of benzene rings is 7. The molecule has 0 aliphatic rings. The Kier molecular flexibility index (Phi) is 5.32. The molecule has 0 unspecified atom stereocenters. The molecule has 0 N–H and O–H groups in total. The Morgan fingerprint density at radius 2 is 1.00 bits per heavy atom. The zero-order valence-electron chi connectivity index (χ0n) is 25.2. The van der Waals surface area contributed by atoms with Crippen LogP contribution in [0.1, 0.15) is 5.56 Å². The molecule has 0 radical (unpaired) electrons. The quantitative estimate of drug-likeness (QED) is 0.203. The second-order valence-electron chi connectivity index (χ2n) is 12.0. The Morgan fingerprint density at radius 1 is 0.447 bits per heavy atom. The molecule has 10 rings (SSSR count). The minimum Gasteiger partial charge on any atom is -0.453 e. The van der Waals surface area contributed by atoms with E-state index >= 15 is 0 Å². The van der Waals surface area contributed by atoms with Crippen molar-refractivity contribution in [3.63, 3.8) is 0 Å². The Morgan fingerprint density at radius 3 is 1.70 bits per heavy atom. The molecule has 0 atom stereocenters. The van der Waals surface area contributed by atoms with Gasteiger partial charge in [0.05, 0.1) is 39.4 Å². The number of fused-ring (bicyclic) bond motifs is 10. The van der Waals surface area contributed by atoms with Gasteiger partial charge in [0.1, 0.15) is 5.58 Å². The molecule has 7 aromatic carbocycles. The molecule has 4 nitrogen and oxygen atoms in total. The van der Waals surface area contributed by atoms with Crippen molar-refractivity contribution in [3.8, 4) is 28.6 Å².